The summed E-state index contributed by atoms with van der Waals surface area (Å²) >= 11 is 1.29. The van der Waals surface area contributed by atoms with Gasteiger partial charge in [0.15, 0.2) is 0 Å². The summed E-state index contributed by atoms with van der Waals surface area (Å²) in [5, 5.41) is 38.3. The van der Waals surface area contributed by atoms with Crippen molar-refractivity contribution < 1.29 is 25.2 Å². The highest BCUT2D eigenvalue weighted by atomic mass is 32.2. The van der Waals surface area contributed by atoms with Gasteiger partial charge in [0, 0.05) is 11.4 Å². The third-order valence-electron chi connectivity index (χ3n) is 3.24. The largest absolute Gasteiger partial charge is 0.399 e. The smallest absolute Gasteiger partial charge is 0.132 e. The average Bonchev–Trinajstić information content (AvgIpc) is 2.46. The fraction of sp³-hybridized carbons (Fsp3) is 0.538. The van der Waals surface area contributed by atoms with Gasteiger partial charge in [-0.2, -0.15) is 0 Å². The third-order valence-corrected chi connectivity index (χ3v) is 4.46. The molecule has 6 nitrogen and oxygen atoms in total. The molecule has 5 atom stereocenters. The first-order chi connectivity index (χ1) is 9.52. The maximum Gasteiger partial charge on any atom is 0.132 e. The van der Waals surface area contributed by atoms with E-state index in [-0.39, 0.29) is 0 Å². The van der Waals surface area contributed by atoms with Gasteiger partial charge in [-0.3, -0.25) is 0 Å². The SMILES string of the molecule is Nc1ccc(CS[C@@H]2O[C@@H](CO)[C@H](O)[C@H](O)[C@H]2O)cc1. The van der Waals surface area contributed by atoms with Crippen molar-refractivity contribution in [1.82, 2.24) is 0 Å². The predicted octanol–water partition coefficient (Wildman–Crippen LogP) is -0.698. The van der Waals surface area contributed by atoms with E-state index >= 15 is 0 Å². The first-order valence-corrected chi connectivity index (χ1v) is 7.34. The molecule has 0 amide bonds. The van der Waals surface area contributed by atoms with E-state index in [2.05, 4.69) is 0 Å². The van der Waals surface area contributed by atoms with E-state index in [1.807, 2.05) is 12.1 Å². The van der Waals surface area contributed by atoms with Gasteiger partial charge in [0.1, 0.15) is 29.9 Å². The van der Waals surface area contributed by atoms with Crippen LogP contribution >= 0.6 is 11.8 Å². The molecule has 0 saturated carbocycles. The van der Waals surface area contributed by atoms with Gasteiger partial charge in [-0.25, -0.2) is 0 Å². The van der Waals surface area contributed by atoms with Gasteiger partial charge in [0.2, 0.25) is 0 Å². The van der Waals surface area contributed by atoms with Crippen molar-refractivity contribution in [2.45, 2.75) is 35.6 Å². The lowest BCUT2D eigenvalue weighted by Crippen LogP contribution is -2.57. The molecule has 0 bridgehead atoms. The van der Waals surface area contributed by atoms with E-state index in [0.29, 0.717) is 11.4 Å². The van der Waals surface area contributed by atoms with Crippen LogP contribution in [0.4, 0.5) is 5.69 Å². The van der Waals surface area contributed by atoms with Gasteiger partial charge in [-0.1, -0.05) is 12.1 Å². The Balaban J connectivity index is 1.95. The Bertz CT molecular complexity index is 427. The summed E-state index contributed by atoms with van der Waals surface area (Å²) in [6.45, 7) is -0.413. The highest BCUT2D eigenvalue weighted by Gasteiger charge is 2.43. The molecular formula is C13H19NO5S. The molecule has 1 aliphatic rings. The van der Waals surface area contributed by atoms with Crippen LogP contribution in [0.25, 0.3) is 0 Å². The molecule has 20 heavy (non-hydrogen) atoms. The van der Waals surface area contributed by atoms with E-state index in [9.17, 15) is 15.3 Å². The Morgan fingerprint density at radius 1 is 1.05 bits per heavy atom. The van der Waals surface area contributed by atoms with Crippen LogP contribution in [0.2, 0.25) is 0 Å². The van der Waals surface area contributed by atoms with Crippen molar-refractivity contribution in [2.75, 3.05) is 12.3 Å². The lowest BCUT2D eigenvalue weighted by molar-refractivity contribution is -0.205. The normalized spacial score (nSPS) is 34.1. The molecule has 1 aromatic carbocycles. The summed E-state index contributed by atoms with van der Waals surface area (Å²) < 4.78 is 5.40. The number of hydrogen-bond donors (Lipinski definition) is 5. The van der Waals surface area contributed by atoms with Crippen molar-refractivity contribution in [3.05, 3.63) is 29.8 Å². The molecule has 0 aromatic heterocycles. The number of nitrogen functional groups attached to an aromatic ring is 1. The summed E-state index contributed by atoms with van der Waals surface area (Å²) in [5.41, 5.74) is 6.57. The van der Waals surface area contributed by atoms with Gasteiger partial charge in [0.25, 0.3) is 0 Å². The molecule has 7 heteroatoms. The van der Waals surface area contributed by atoms with Crippen LogP contribution < -0.4 is 5.73 Å². The Morgan fingerprint density at radius 3 is 2.30 bits per heavy atom. The number of ether oxygens (including phenoxy) is 1. The van der Waals surface area contributed by atoms with Crippen molar-refractivity contribution in [3.8, 4) is 0 Å². The maximum atomic E-state index is 9.89. The lowest BCUT2D eigenvalue weighted by atomic mass is 10.0. The number of thioether (sulfide) groups is 1. The zero-order chi connectivity index (χ0) is 14.7. The molecular weight excluding hydrogens is 282 g/mol. The second-order valence-corrected chi connectivity index (χ2v) is 5.84. The average molecular weight is 301 g/mol. The zero-order valence-corrected chi connectivity index (χ0v) is 11.6. The predicted molar refractivity (Wildman–Crippen MR) is 75.9 cm³/mol. The Hall–Kier alpha value is -0.830. The summed E-state index contributed by atoms with van der Waals surface area (Å²) in [5.74, 6) is 0.559. The number of aliphatic hydroxyl groups excluding tert-OH is 4. The van der Waals surface area contributed by atoms with Crippen molar-refractivity contribution >= 4 is 17.4 Å². The maximum absolute atomic E-state index is 9.89. The Kier molecular flexibility index (Phi) is 5.25. The van der Waals surface area contributed by atoms with Crippen molar-refractivity contribution in [3.63, 3.8) is 0 Å². The molecule has 0 aliphatic carbocycles. The van der Waals surface area contributed by atoms with Crippen LogP contribution in [-0.4, -0.2) is 56.9 Å². The number of nitrogens with two attached hydrogens (primary N) is 1. The van der Waals surface area contributed by atoms with Gasteiger partial charge in [-0.15, -0.1) is 11.8 Å². The fourth-order valence-electron chi connectivity index (χ4n) is 2.00. The lowest BCUT2D eigenvalue weighted by Gasteiger charge is -2.39. The number of hydrogen-bond acceptors (Lipinski definition) is 7. The highest BCUT2D eigenvalue weighted by molar-refractivity contribution is 7.99. The van der Waals surface area contributed by atoms with Gasteiger partial charge in [0.05, 0.1) is 6.61 Å². The van der Waals surface area contributed by atoms with Crippen LogP contribution in [0.15, 0.2) is 24.3 Å². The minimum absolute atomic E-state index is 0.413. The second kappa shape index (κ2) is 6.75. The summed E-state index contributed by atoms with van der Waals surface area (Å²) in [6.07, 6.45) is -4.71. The molecule has 0 unspecified atom stereocenters. The van der Waals surface area contributed by atoms with Gasteiger partial charge in [-0.05, 0) is 17.7 Å². The summed E-state index contributed by atoms with van der Waals surface area (Å²) in [7, 11) is 0. The van der Waals surface area contributed by atoms with E-state index in [1.165, 1.54) is 11.8 Å². The van der Waals surface area contributed by atoms with E-state index in [0.717, 1.165) is 5.56 Å². The van der Waals surface area contributed by atoms with Crippen LogP contribution in [0, 0.1) is 0 Å². The molecule has 0 radical (unpaired) electrons. The van der Waals surface area contributed by atoms with Crippen LogP contribution in [0.5, 0.6) is 0 Å². The second-order valence-electron chi connectivity index (χ2n) is 4.75. The Labute approximate surface area is 121 Å². The standard InChI is InChI=1S/C13H19NO5S/c14-8-3-1-7(2-4-8)6-20-13-12(18)11(17)10(16)9(5-15)19-13/h1-4,9-13,15-18H,5-6,14H2/t9-,10-,11-,12+,13-/m0/s1. The Morgan fingerprint density at radius 2 is 1.70 bits per heavy atom. The number of aliphatic hydroxyl groups is 4. The molecule has 6 N–H and O–H groups in total. The van der Waals surface area contributed by atoms with Crippen molar-refractivity contribution in [1.29, 1.82) is 0 Å². The molecule has 1 aromatic rings. The first kappa shape index (κ1) is 15.6. The minimum atomic E-state index is -1.33. The van der Waals surface area contributed by atoms with E-state index < -0.39 is 36.5 Å². The van der Waals surface area contributed by atoms with Crippen LogP contribution in [0.1, 0.15) is 5.56 Å². The molecule has 1 aliphatic heterocycles. The van der Waals surface area contributed by atoms with Crippen LogP contribution in [0.3, 0.4) is 0 Å². The highest BCUT2D eigenvalue weighted by Crippen LogP contribution is 2.30. The molecule has 112 valence electrons. The monoisotopic (exact) mass is 301 g/mol. The van der Waals surface area contributed by atoms with Crippen molar-refractivity contribution in [2.24, 2.45) is 0 Å². The quantitative estimate of drug-likeness (QED) is 0.467. The molecule has 0 spiro atoms. The third kappa shape index (κ3) is 3.43. The number of benzene rings is 1. The summed E-state index contributed by atoms with van der Waals surface area (Å²) in [4.78, 5) is 0. The minimum Gasteiger partial charge on any atom is -0.399 e. The number of rotatable bonds is 4. The van der Waals surface area contributed by atoms with E-state index in [4.69, 9.17) is 15.6 Å². The molecule has 1 heterocycles. The van der Waals surface area contributed by atoms with Crippen LogP contribution in [-0.2, 0) is 10.5 Å². The van der Waals surface area contributed by atoms with Gasteiger partial charge >= 0.3 is 0 Å². The molecule has 1 fully saturated rings. The first-order valence-electron chi connectivity index (χ1n) is 6.29. The zero-order valence-electron chi connectivity index (χ0n) is 10.8. The molecule has 2 rings (SSSR count). The topological polar surface area (TPSA) is 116 Å². The number of anilines is 1. The fourth-order valence-corrected chi connectivity index (χ4v) is 3.13. The van der Waals surface area contributed by atoms with Gasteiger partial charge < -0.3 is 30.9 Å². The summed E-state index contributed by atoms with van der Waals surface area (Å²) in [6, 6.07) is 7.30. The molecule has 1 saturated heterocycles. The van der Waals surface area contributed by atoms with E-state index in [1.54, 1.807) is 12.1 Å².